The first-order valence-electron chi connectivity index (χ1n) is 7.99. The Hall–Kier alpha value is -2.31. The summed E-state index contributed by atoms with van der Waals surface area (Å²) in [5.41, 5.74) is 1.23. The maximum absolute atomic E-state index is 12.2. The number of nitrogens with one attached hydrogen (secondary N) is 2. The first-order valence-corrected chi connectivity index (χ1v) is 8.37. The van der Waals surface area contributed by atoms with Gasteiger partial charge in [-0.15, -0.1) is 0 Å². The van der Waals surface area contributed by atoms with Crippen molar-refractivity contribution in [2.45, 2.75) is 6.42 Å². The number of nitrogens with zero attached hydrogens (tertiary/aromatic N) is 2. The maximum atomic E-state index is 12.2. The highest BCUT2D eigenvalue weighted by Gasteiger charge is 2.09. The van der Waals surface area contributed by atoms with Crippen molar-refractivity contribution >= 4 is 29.0 Å². The normalized spacial score (nSPS) is 10.6. The molecule has 0 aliphatic carbocycles. The molecule has 25 heavy (non-hydrogen) atoms. The summed E-state index contributed by atoms with van der Waals surface area (Å²) in [4.78, 5) is 18.6. The number of hydrogen-bond acceptors (Lipinski definition) is 5. The zero-order valence-corrected chi connectivity index (χ0v) is 15.4. The van der Waals surface area contributed by atoms with E-state index >= 15 is 0 Å². The molecule has 0 fully saturated rings. The first-order chi connectivity index (χ1) is 12.0. The van der Waals surface area contributed by atoms with Crippen molar-refractivity contribution < 1.29 is 9.53 Å². The first kappa shape index (κ1) is 19.0. The lowest BCUT2D eigenvalue weighted by Gasteiger charge is -2.12. The molecule has 0 atom stereocenters. The molecule has 2 aromatic rings. The third-order valence-corrected chi connectivity index (χ3v) is 3.75. The smallest absolute Gasteiger partial charge is 0.251 e. The zero-order chi connectivity index (χ0) is 18.2. The van der Waals surface area contributed by atoms with Crippen LogP contribution in [-0.4, -0.2) is 50.1 Å². The van der Waals surface area contributed by atoms with E-state index in [9.17, 15) is 4.79 Å². The summed E-state index contributed by atoms with van der Waals surface area (Å²) in [6.45, 7) is 1.56. The average molecular weight is 363 g/mol. The number of carbonyl (C=O) groups excluding carboxylic acids is 1. The van der Waals surface area contributed by atoms with Gasteiger partial charge in [0, 0.05) is 23.3 Å². The molecule has 1 aromatic heterocycles. The fraction of sp³-hybridized carbons (Fsp3) is 0.333. The van der Waals surface area contributed by atoms with Gasteiger partial charge in [-0.05, 0) is 57.4 Å². The fourth-order valence-electron chi connectivity index (χ4n) is 2.26. The second kappa shape index (κ2) is 9.25. The molecule has 0 unspecified atom stereocenters. The van der Waals surface area contributed by atoms with Crippen LogP contribution in [-0.2, 0) is 0 Å². The number of anilines is 2. The van der Waals surface area contributed by atoms with Crippen LogP contribution in [0.5, 0.6) is 5.75 Å². The van der Waals surface area contributed by atoms with Gasteiger partial charge in [0.2, 0.25) is 0 Å². The predicted octanol–water partition coefficient (Wildman–Crippen LogP) is 3.17. The van der Waals surface area contributed by atoms with Gasteiger partial charge in [0.1, 0.15) is 11.6 Å². The van der Waals surface area contributed by atoms with Crippen molar-refractivity contribution in [3.8, 4) is 5.75 Å². The van der Waals surface area contributed by atoms with Gasteiger partial charge in [-0.2, -0.15) is 0 Å². The average Bonchev–Trinajstić information content (AvgIpc) is 2.59. The highest BCUT2D eigenvalue weighted by Crippen LogP contribution is 2.30. The molecule has 7 heteroatoms. The highest BCUT2D eigenvalue weighted by atomic mass is 35.5. The molecule has 0 aliphatic rings. The second-order valence-corrected chi connectivity index (χ2v) is 6.25. The van der Waals surface area contributed by atoms with Crippen LogP contribution in [0.15, 0.2) is 36.5 Å². The molecule has 1 amide bonds. The molecule has 1 aromatic carbocycles. The van der Waals surface area contributed by atoms with Crippen molar-refractivity contribution in [2.75, 3.05) is 39.6 Å². The van der Waals surface area contributed by atoms with E-state index in [4.69, 9.17) is 16.3 Å². The van der Waals surface area contributed by atoms with Crippen LogP contribution in [0.2, 0.25) is 5.02 Å². The van der Waals surface area contributed by atoms with Gasteiger partial charge in [-0.25, -0.2) is 4.98 Å². The Balaban J connectivity index is 2.03. The minimum absolute atomic E-state index is 0.123. The van der Waals surface area contributed by atoms with Crippen molar-refractivity contribution in [2.24, 2.45) is 0 Å². The fourth-order valence-corrected chi connectivity index (χ4v) is 2.43. The number of rotatable bonds is 8. The lowest BCUT2D eigenvalue weighted by atomic mass is 10.2. The van der Waals surface area contributed by atoms with Gasteiger partial charge in [0.15, 0.2) is 0 Å². The van der Waals surface area contributed by atoms with Crippen molar-refractivity contribution in [3.05, 3.63) is 47.1 Å². The Morgan fingerprint density at radius 1 is 1.28 bits per heavy atom. The third-order valence-electron chi connectivity index (χ3n) is 3.51. The molecular weight excluding hydrogens is 340 g/mol. The summed E-state index contributed by atoms with van der Waals surface area (Å²) in [6.07, 6.45) is 2.49. The van der Waals surface area contributed by atoms with Crippen LogP contribution >= 0.6 is 11.6 Å². The van der Waals surface area contributed by atoms with E-state index in [2.05, 4.69) is 20.5 Å². The number of carbonyl (C=O) groups is 1. The predicted molar refractivity (Wildman–Crippen MR) is 101 cm³/mol. The molecule has 0 spiro atoms. The van der Waals surface area contributed by atoms with Gasteiger partial charge < -0.3 is 20.3 Å². The molecule has 134 valence electrons. The van der Waals surface area contributed by atoms with E-state index in [1.165, 1.54) is 0 Å². The van der Waals surface area contributed by atoms with Crippen LogP contribution < -0.4 is 15.4 Å². The summed E-state index contributed by atoms with van der Waals surface area (Å²) in [5.74, 6) is 1.06. The SMILES string of the molecule is COc1ccc(Cl)cc1Nc1cc(C(=O)NCCCN(C)C)ccn1. The summed E-state index contributed by atoms with van der Waals surface area (Å²) in [7, 11) is 5.60. The topological polar surface area (TPSA) is 66.5 Å². The van der Waals surface area contributed by atoms with Crippen molar-refractivity contribution in [1.29, 1.82) is 0 Å². The molecule has 0 bridgehead atoms. The Morgan fingerprint density at radius 3 is 2.80 bits per heavy atom. The molecule has 2 rings (SSSR count). The monoisotopic (exact) mass is 362 g/mol. The Kier molecular flexibility index (Phi) is 7.03. The third kappa shape index (κ3) is 5.92. The Bertz CT molecular complexity index is 722. The number of aromatic nitrogens is 1. The summed E-state index contributed by atoms with van der Waals surface area (Å²) >= 11 is 6.03. The Morgan fingerprint density at radius 2 is 2.08 bits per heavy atom. The number of methoxy groups -OCH3 is 1. The number of ether oxygens (including phenoxy) is 1. The molecule has 2 N–H and O–H groups in total. The van der Waals surface area contributed by atoms with Crippen LogP contribution in [0.3, 0.4) is 0 Å². The van der Waals surface area contributed by atoms with E-state index in [1.54, 1.807) is 43.6 Å². The number of halogens is 1. The summed E-state index contributed by atoms with van der Waals surface area (Å²) in [5, 5.41) is 6.63. The number of benzene rings is 1. The zero-order valence-electron chi connectivity index (χ0n) is 14.7. The van der Waals surface area contributed by atoms with Gasteiger partial charge in [0.05, 0.1) is 12.8 Å². The Labute approximate surface area is 153 Å². The molecule has 0 radical (unpaired) electrons. The maximum Gasteiger partial charge on any atom is 0.251 e. The number of hydrogen-bond donors (Lipinski definition) is 2. The van der Waals surface area contributed by atoms with E-state index in [1.807, 2.05) is 14.1 Å². The lowest BCUT2D eigenvalue weighted by molar-refractivity contribution is 0.0952. The number of amides is 1. The molecule has 0 saturated heterocycles. The van der Waals surface area contributed by atoms with Crippen LogP contribution in [0, 0.1) is 0 Å². The molecular formula is C18H23ClN4O2. The van der Waals surface area contributed by atoms with Gasteiger partial charge in [0.25, 0.3) is 5.91 Å². The van der Waals surface area contributed by atoms with Gasteiger partial charge >= 0.3 is 0 Å². The van der Waals surface area contributed by atoms with Crippen LogP contribution in [0.1, 0.15) is 16.8 Å². The van der Waals surface area contributed by atoms with Crippen molar-refractivity contribution in [3.63, 3.8) is 0 Å². The van der Waals surface area contributed by atoms with Gasteiger partial charge in [-0.1, -0.05) is 11.6 Å². The highest BCUT2D eigenvalue weighted by molar-refractivity contribution is 6.31. The molecule has 1 heterocycles. The largest absolute Gasteiger partial charge is 0.495 e. The van der Waals surface area contributed by atoms with E-state index in [-0.39, 0.29) is 5.91 Å². The minimum atomic E-state index is -0.123. The van der Waals surface area contributed by atoms with Crippen molar-refractivity contribution in [1.82, 2.24) is 15.2 Å². The lowest BCUT2D eigenvalue weighted by Crippen LogP contribution is -2.27. The second-order valence-electron chi connectivity index (χ2n) is 5.81. The van der Waals surface area contributed by atoms with E-state index in [0.29, 0.717) is 34.4 Å². The number of pyridine rings is 1. The van der Waals surface area contributed by atoms with Gasteiger partial charge in [-0.3, -0.25) is 4.79 Å². The van der Waals surface area contributed by atoms with Crippen LogP contribution in [0.25, 0.3) is 0 Å². The quantitative estimate of drug-likeness (QED) is 0.706. The summed E-state index contributed by atoms with van der Waals surface area (Å²) < 4.78 is 5.30. The molecule has 0 aliphatic heterocycles. The minimum Gasteiger partial charge on any atom is -0.495 e. The van der Waals surface area contributed by atoms with Crippen LogP contribution in [0.4, 0.5) is 11.5 Å². The summed E-state index contributed by atoms with van der Waals surface area (Å²) in [6, 6.07) is 8.64. The van der Waals surface area contributed by atoms with E-state index < -0.39 is 0 Å². The van der Waals surface area contributed by atoms with E-state index in [0.717, 1.165) is 13.0 Å². The molecule has 0 saturated carbocycles. The standard InChI is InChI=1S/C18H23ClN4O2/c1-23(2)10-4-8-21-18(24)13-7-9-20-17(11-13)22-15-12-14(19)5-6-16(15)25-3/h5-7,9,11-12H,4,8,10H2,1-3H3,(H,20,22)(H,21,24). The molecule has 6 nitrogen and oxygen atoms in total.